The topological polar surface area (TPSA) is 29.3 Å². The van der Waals surface area contributed by atoms with Crippen molar-refractivity contribution >= 4 is 11.5 Å². The van der Waals surface area contributed by atoms with Crippen LogP contribution in [0.4, 0.5) is 5.82 Å². The summed E-state index contributed by atoms with van der Waals surface area (Å²) in [6, 6.07) is 6.72. The van der Waals surface area contributed by atoms with Gasteiger partial charge in [0, 0.05) is 18.4 Å². The predicted octanol–water partition coefficient (Wildman–Crippen LogP) is 2.85. The van der Waals surface area contributed by atoms with E-state index in [9.17, 15) is 0 Å². The summed E-state index contributed by atoms with van der Waals surface area (Å²) in [6.45, 7) is 0. The maximum atomic E-state index is 4.28. The average molecular weight is 213 g/mol. The number of nitrogens with zero attached hydrogens (tertiary/aromatic N) is 2. The summed E-state index contributed by atoms with van der Waals surface area (Å²) in [5.74, 6) is 1.13. The average Bonchev–Trinajstić information content (AvgIpc) is 2.80. The molecular weight excluding hydrogens is 198 g/mol. The van der Waals surface area contributed by atoms with E-state index in [1.54, 1.807) is 0 Å². The lowest BCUT2D eigenvalue weighted by Gasteiger charge is -2.21. The first-order valence-electron chi connectivity index (χ1n) is 5.77. The van der Waals surface area contributed by atoms with Crippen molar-refractivity contribution < 1.29 is 0 Å². The number of hydrogen-bond acceptors (Lipinski definition) is 2. The van der Waals surface area contributed by atoms with E-state index in [2.05, 4.69) is 32.9 Å². The number of aromatic nitrogens is 2. The zero-order valence-corrected chi connectivity index (χ0v) is 9.13. The Kier molecular flexibility index (Phi) is 2.37. The van der Waals surface area contributed by atoms with Crippen LogP contribution in [0.3, 0.4) is 0 Å². The Balaban J connectivity index is 1.88. The molecule has 0 aliphatic heterocycles. The number of fused-ring (bicyclic) bond motifs is 1. The molecule has 3 rings (SSSR count). The molecule has 2 heterocycles. The number of rotatable bonds is 2. The molecule has 0 aromatic carbocycles. The molecule has 2 aromatic heterocycles. The molecule has 2 aromatic rings. The highest BCUT2D eigenvalue weighted by Crippen LogP contribution is 2.18. The van der Waals surface area contributed by atoms with Crippen molar-refractivity contribution in [2.45, 2.75) is 25.3 Å². The molecule has 16 heavy (non-hydrogen) atoms. The van der Waals surface area contributed by atoms with E-state index >= 15 is 0 Å². The normalized spacial score (nSPS) is 20.1. The zero-order chi connectivity index (χ0) is 10.8. The summed E-state index contributed by atoms with van der Waals surface area (Å²) < 4.78 is 2.10. The molecule has 0 radical (unpaired) electrons. The van der Waals surface area contributed by atoms with Crippen LogP contribution in [0.1, 0.15) is 19.3 Å². The summed E-state index contributed by atoms with van der Waals surface area (Å²) in [4.78, 5) is 4.28. The van der Waals surface area contributed by atoms with E-state index < -0.39 is 0 Å². The molecule has 82 valence electrons. The summed E-state index contributed by atoms with van der Waals surface area (Å²) >= 11 is 0. The Morgan fingerprint density at radius 3 is 3.19 bits per heavy atom. The van der Waals surface area contributed by atoms with Crippen LogP contribution in [0.5, 0.6) is 0 Å². The largest absolute Gasteiger partial charge is 0.368 e. The van der Waals surface area contributed by atoms with E-state index in [-0.39, 0.29) is 0 Å². The Morgan fingerprint density at radius 1 is 1.31 bits per heavy atom. The fourth-order valence-electron chi connectivity index (χ4n) is 2.20. The summed E-state index contributed by atoms with van der Waals surface area (Å²) in [7, 11) is 0. The van der Waals surface area contributed by atoms with Gasteiger partial charge in [0.05, 0.1) is 0 Å². The molecule has 1 aliphatic rings. The van der Waals surface area contributed by atoms with Gasteiger partial charge in [-0.05, 0) is 31.4 Å². The van der Waals surface area contributed by atoms with Crippen LogP contribution >= 0.6 is 0 Å². The molecule has 0 amide bonds. The predicted molar refractivity (Wildman–Crippen MR) is 65.6 cm³/mol. The summed E-state index contributed by atoms with van der Waals surface area (Å²) in [6.07, 6.45) is 11.9. The van der Waals surface area contributed by atoms with Gasteiger partial charge in [0.25, 0.3) is 0 Å². The fourth-order valence-corrected chi connectivity index (χ4v) is 2.20. The number of allylic oxidation sites excluding steroid dienone is 1. The molecule has 3 heteroatoms. The highest BCUT2D eigenvalue weighted by molar-refractivity contribution is 5.50. The molecule has 1 atom stereocenters. The van der Waals surface area contributed by atoms with Crippen molar-refractivity contribution in [1.82, 2.24) is 9.38 Å². The summed E-state index contributed by atoms with van der Waals surface area (Å²) in [5.41, 5.74) is 0.997. The molecule has 1 unspecified atom stereocenters. The lowest BCUT2D eigenvalue weighted by atomic mass is 10.0. The zero-order valence-electron chi connectivity index (χ0n) is 9.13. The second-order valence-corrected chi connectivity index (χ2v) is 4.19. The van der Waals surface area contributed by atoms with Crippen LogP contribution in [0.15, 0.2) is 42.7 Å². The number of imidazole rings is 1. The van der Waals surface area contributed by atoms with Gasteiger partial charge in [-0.1, -0.05) is 18.2 Å². The van der Waals surface area contributed by atoms with Crippen molar-refractivity contribution in [3.8, 4) is 0 Å². The van der Waals surface area contributed by atoms with Crippen LogP contribution in [-0.2, 0) is 0 Å². The second kappa shape index (κ2) is 4.00. The third-order valence-electron chi connectivity index (χ3n) is 3.05. The van der Waals surface area contributed by atoms with Gasteiger partial charge in [-0.3, -0.25) is 4.40 Å². The van der Waals surface area contributed by atoms with Crippen molar-refractivity contribution in [2.24, 2.45) is 0 Å². The van der Waals surface area contributed by atoms with Gasteiger partial charge < -0.3 is 5.32 Å². The van der Waals surface area contributed by atoms with E-state index in [1.165, 1.54) is 12.8 Å². The fraction of sp³-hybridized carbons (Fsp3) is 0.308. The molecule has 0 saturated carbocycles. The maximum Gasteiger partial charge on any atom is 0.138 e. The van der Waals surface area contributed by atoms with Gasteiger partial charge in [-0.25, -0.2) is 4.98 Å². The number of hydrogen-bond donors (Lipinski definition) is 1. The van der Waals surface area contributed by atoms with E-state index in [0.29, 0.717) is 6.04 Å². The molecule has 0 bridgehead atoms. The Morgan fingerprint density at radius 2 is 2.31 bits per heavy atom. The van der Waals surface area contributed by atoms with Gasteiger partial charge in [-0.15, -0.1) is 0 Å². The van der Waals surface area contributed by atoms with Crippen LogP contribution < -0.4 is 5.32 Å². The maximum absolute atomic E-state index is 4.28. The first kappa shape index (κ1) is 9.46. The number of anilines is 1. The number of pyridine rings is 1. The van der Waals surface area contributed by atoms with Crippen molar-refractivity contribution in [3.63, 3.8) is 0 Å². The van der Waals surface area contributed by atoms with Crippen molar-refractivity contribution in [3.05, 3.63) is 42.7 Å². The third-order valence-corrected chi connectivity index (χ3v) is 3.05. The Bertz CT molecular complexity index is 513. The van der Waals surface area contributed by atoms with Crippen molar-refractivity contribution in [2.75, 3.05) is 5.32 Å². The lowest BCUT2D eigenvalue weighted by molar-refractivity contribution is 0.641. The molecule has 3 nitrogen and oxygen atoms in total. The van der Waals surface area contributed by atoms with Gasteiger partial charge in [0.15, 0.2) is 0 Å². The van der Waals surface area contributed by atoms with E-state index in [0.717, 1.165) is 17.9 Å². The van der Waals surface area contributed by atoms with Gasteiger partial charge in [-0.2, -0.15) is 0 Å². The molecule has 1 aliphatic carbocycles. The van der Waals surface area contributed by atoms with Crippen LogP contribution in [-0.4, -0.2) is 15.4 Å². The first-order chi connectivity index (χ1) is 7.93. The molecule has 0 spiro atoms. The van der Waals surface area contributed by atoms with Gasteiger partial charge >= 0.3 is 0 Å². The lowest BCUT2D eigenvalue weighted by Crippen LogP contribution is -2.21. The Hall–Kier alpha value is -1.77. The number of nitrogens with one attached hydrogen (secondary N) is 1. The molecular formula is C13H15N3. The van der Waals surface area contributed by atoms with Crippen LogP contribution in [0, 0.1) is 0 Å². The minimum absolute atomic E-state index is 0.554. The minimum atomic E-state index is 0.554. The van der Waals surface area contributed by atoms with E-state index in [4.69, 9.17) is 0 Å². The third kappa shape index (κ3) is 1.69. The molecule has 1 N–H and O–H groups in total. The first-order valence-corrected chi connectivity index (χ1v) is 5.77. The summed E-state index contributed by atoms with van der Waals surface area (Å²) in [5, 5.41) is 3.58. The monoisotopic (exact) mass is 213 g/mol. The highest BCUT2D eigenvalue weighted by Gasteiger charge is 2.10. The van der Waals surface area contributed by atoms with Crippen molar-refractivity contribution in [1.29, 1.82) is 0 Å². The molecule has 0 saturated heterocycles. The quantitative estimate of drug-likeness (QED) is 0.777. The standard InChI is InChI=1S/C13H15N3/c1-2-5-11(6-3-1)15-13-8-4-7-12-14-9-10-16(12)13/h1-2,4,7-11,15H,3,5-6H2. The minimum Gasteiger partial charge on any atom is -0.368 e. The Labute approximate surface area is 94.8 Å². The molecule has 0 fully saturated rings. The SMILES string of the molecule is C1=CCC(Nc2cccc3nccn23)CC1. The van der Waals surface area contributed by atoms with Crippen LogP contribution in [0.25, 0.3) is 5.65 Å². The second-order valence-electron chi connectivity index (χ2n) is 4.19. The smallest absolute Gasteiger partial charge is 0.138 e. The highest BCUT2D eigenvalue weighted by atomic mass is 15.1. The van der Waals surface area contributed by atoms with Gasteiger partial charge in [0.2, 0.25) is 0 Å². The van der Waals surface area contributed by atoms with Gasteiger partial charge in [0.1, 0.15) is 11.5 Å². The van der Waals surface area contributed by atoms with E-state index in [1.807, 2.05) is 24.5 Å². The van der Waals surface area contributed by atoms with Crippen LogP contribution in [0.2, 0.25) is 0 Å².